The number of esters is 1. The van der Waals surface area contributed by atoms with Gasteiger partial charge in [-0.3, -0.25) is 9.59 Å². The van der Waals surface area contributed by atoms with Crippen molar-refractivity contribution in [1.29, 1.82) is 0 Å². The molecule has 1 N–H and O–H groups in total. The molecule has 4 rings (SSSR count). The Balaban J connectivity index is 2.20. The van der Waals surface area contributed by atoms with Gasteiger partial charge in [0.05, 0.1) is 14.0 Å². The van der Waals surface area contributed by atoms with Crippen molar-refractivity contribution in [3.05, 3.63) is 21.4 Å². The van der Waals surface area contributed by atoms with Crippen molar-refractivity contribution in [2.24, 2.45) is 28.6 Å². The Morgan fingerprint density at radius 3 is 2.50 bits per heavy atom. The van der Waals surface area contributed by atoms with Crippen LogP contribution >= 0.6 is 22.6 Å². The summed E-state index contributed by atoms with van der Waals surface area (Å²) in [6, 6.07) is 0. The van der Waals surface area contributed by atoms with E-state index in [1.807, 2.05) is 13.0 Å². The average molecular weight is 488 g/mol. The zero-order chi connectivity index (χ0) is 19.7. The molecule has 2 aliphatic heterocycles. The monoisotopic (exact) mass is 488 g/mol. The molecule has 0 aromatic carbocycles. The molecular formula is C20H29IO4Si. The standard InChI is InChI=1S/C20H29IO4Si/c1-18(2)12-11-14(21)20(25-17(12)24)13(18)7-8-19(3,15(20)16(22)23)9-10-26(4,5)6/h9-13,15H,7-8H2,1-6H3,(H,22,23)/b10-9+. The SMILES string of the molecule is CC1(/C=C/[Si](C)(C)C)CCC2C(C)(C)C3C=C(I)C2(OC3=O)C1C(=O)O. The largest absolute Gasteiger partial charge is 0.481 e. The fourth-order valence-electron chi connectivity index (χ4n) is 5.31. The molecule has 2 bridgehead atoms. The van der Waals surface area contributed by atoms with Crippen LogP contribution in [0, 0.1) is 28.6 Å². The number of carboxylic acid groups (broad SMARTS) is 1. The van der Waals surface area contributed by atoms with Crippen molar-refractivity contribution in [3.8, 4) is 0 Å². The van der Waals surface area contributed by atoms with Gasteiger partial charge in [-0.05, 0) is 40.8 Å². The molecule has 4 aliphatic rings. The predicted octanol–water partition coefficient (Wildman–Crippen LogP) is 4.81. The van der Waals surface area contributed by atoms with Crippen molar-refractivity contribution in [3.63, 3.8) is 0 Å². The van der Waals surface area contributed by atoms with E-state index in [1.165, 1.54) is 0 Å². The molecule has 0 amide bonds. The molecule has 1 saturated heterocycles. The van der Waals surface area contributed by atoms with E-state index in [9.17, 15) is 14.7 Å². The van der Waals surface area contributed by atoms with Crippen LogP contribution in [0.15, 0.2) is 21.4 Å². The van der Waals surface area contributed by atoms with Crippen molar-refractivity contribution >= 4 is 42.6 Å². The van der Waals surface area contributed by atoms with Gasteiger partial charge in [0.15, 0.2) is 5.60 Å². The summed E-state index contributed by atoms with van der Waals surface area (Å²) in [4.78, 5) is 25.2. The number of ether oxygens (including phenoxy) is 1. The lowest BCUT2D eigenvalue weighted by Crippen LogP contribution is -2.70. The van der Waals surface area contributed by atoms with Crippen molar-refractivity contribution < 1.29 is 19.4 Å². The number of fused-ring (bicyclic) bond motifs is 1. The fraction of sp³-hybridized carbons (Fsp3) is 0.700. The lowest BCUT2D eigenvalue weighted by molar-refractivity contribution is -0.230. The Labute approximate surface area is 170 Å². The highest BCUT2D eigenvalue weighted by atomic mass is 127. The summed E-state index contributed by atoms with van der Waals surface area (Å²) in [7, 11) is -1.48. The minimum absolute atomic E-state index is 0.0315. The Hall–Kier alpha value is -0.633. The molecule has 5 atom stereocenters. The number of allylic oxidation sites excluding steroid dienone is 1. The lowest BCUT2D eigenvalue weighted by Gasteiger charge is -2.64. The third-order valence-corrected chi connectivity index (χ3v) is 9.07. The summed E-state index contributed by atoms with van der Waals surface area (Å²) in [5.74, 6) is -2.16. The van der Waals surface area contributed by atoms with Gasteiger partial charge in [0.25, 0.3) is 0 Å². The first-order valence-electron chi connectivity index (χ1n) is 9.29. The maximum Gasteiger partial charge on any atom is 0.314 e. The van der Waals surface area contributed by atoms with E-state index in [2.05, 4.69) is 67.9 Å². The second-order valence-corrected chi connectivity index (χ2v) is 16.3. The van der Waals surface area contributed by atoms with E-state index in [1.54, 1.807) is 0 Å². The van der Waals surface area contributed by atoms with Crippen LogP contribution in [-0.4, -0.2) is 30.7 Å². The van der Waals surface area contributed by atoms with Gasteiger partial charge in [0, 0.05) is 14.9 Å². The zero-order valence-corrected chi connectivity index (χ0v) is 19.6. The Morgan fingerprint density at radius 2 is 1.96 bits per heavy atom. The number of halogens is 1. The number of carboxylic acids is 1. The third-order valence-electron chi connectivity index (χ3n) is 6.70. The molecule has 2 fully saturated rings. The van der Waals surface area contributed by atoms with Crippen LogP contribution in [-0.2, 0) is 14.3 Å². The number of carbonyl (C=O) groups is 2. The summed E-state index contributed by atoms with van der Waals surface area (Å²) in [6.45, 7) is 12.9. The topological polar surface area (TPSA) is 63.6 Å². The van der Waals surface area contributed by atoms with Gasteiger partial charge in [-0.25, -0.2) is 0 Å². The van der Waals surface area contributed by atoms with Crippen LogP contribution < -0.4 is 0 Å². The third kappa shape index (κ3) is 2.74. The van der Waals surface area contributed by atoms with Crippen LogP contribution in [0.5, 0.6) is 0 Å². The smallest absolute Gasteiger partial charge is 0.314 e. The first-order chi connectivity index (χ1) is 11.8. The van der Waals surface area contributed by atoms with E-state index in [-0.39, 0.29) is 23.2 Å². The van der Waals surface area contributed by atoms with Gasteiger partial charge in [-0.15, -0.1) is 0 Å². The van der Waals surface area contributed by atoms with Crippen LogP contribution in [0.2, 0.25) is 19.6 Å². The molecule has 0 aromatic heterocycles. The Bertz CT molecular complexity index is 720. The molecule has 144 valence electrons. The van der Waals surface area contributed by atoms with Crippen molar-refractivity contribution in [2.75, 3.05) is 0 Å². The highest BCUT2D eigenvalue weighted by molar-refractivity contribution is 14.1. The molecule has 4 nitrogen and oxygen atoms in total. The summed E-state index contributed by atoms with van der Waals surface area (Å²) >= 11 is 2.22. The van der Waals surface area contributed by atoms with Crippen molar-refractivity contribution in [1.82, 2.24) is 0 Å². The fourth-order valence-corrected chi connectivity index (χ4v) is 7.35. The molecule has 0 radical (unpaired) electrons. The Morgan fingerprint density at radius 1 is 1.35 bits per heavy atom. The lowest BCUT2D eigenvalue weighted by atomic mass is 9.46. The van der Waals surface area contributed by atoms with E-state index in [0.717, 1.165) is 16.4 Å². The molecule has 0 aromatic rings. The Kier molecular flexibility index (Phi) is 4.59. The predicted molar refractivity (Wildman–Crippen MR) is 113 cm³/mol. The van der Waals surface area contributed by atoms with Gasteiger partial charge in [-0.2, -0.15) is 0 Å². The molecule has 6 heteroatoms. The average Bonchev–Trinajstić information content (AvgIpc) is 2.46. The zero-order valence-electron chi connectivity index (χ0n) is 16.4. The van der Waals surface area contributed by atoms with Gasteiger partial charge in [-0.1, -0.05) is 58.3 Å². The molecule has 1 spiro atoms. The highest BCUT2D eigenvalue weighted by Gasteiger charge is 2.71. The molecule has 5 unspecified atom stereocenters. The summed E-state index contributed by atoms with van der Waals surface area (Å²) < 4.78 is 6.90. The van der Waals surface area contributed by atoms with Gasteiger partial charge >= 0.3 is 11.9 Å². The molecule has 26 heavy (non-hydrogen) atoms. The second kappa shape index (κ2) is 5.93. The molecule has 2 aliphatic carbocycles. The maximum atomic E-state index is 12.7. The van der Waals surface area contributed by atoms with E-state index >= 15 is 0 Å². The molecule has 1 saturated carbocycles. The number of hydrogen-bond acceptors (Lipinski definition) is 3. The quantitative estimate of drug-likeness (QED) is 0.352. The number of aliphatic carboxylic acids is 1. The van der Waals surface area contributed by atoms with E-state index in [4.69, 9.17) is 4.74 Å². The highest BCUT2D eigenvalue weighted by Crippen LogP contribution is 2.67. The summed E-state index contributed by atoms with van der Waals surface area (Å²) in [6.07, 6.45) is 5.75. The van der Waals surface area contributed by atoms with Crippen LogP contribution in [0.4, 0.5) is 0 Å². The molecular weight excluding hydrogens is 459 g/mol. The number of rotatable bonds is 3. The first kappa shape index (κ1) is 20.1. The summed E-state index contributed by atoms with van der Waals surface area (Å²) in [5.41, 5.74) is 0.366. The van der Waals surface area contributed by atoms with Gasteiger partial charge in [0.1, 0.15) is 5.92 Å². The number of hydrogen-bond donors (Lipinski definition) is 1. The second-order valence-electron chi connectivity index (χ2n) is 10.1. The van der Waals surface area contributed by atoms with Crippen LogP contribution in [0.3, 0.4) is 0 Å². The van der Waals surface area contributed by atoms with Crippen LogP contribution in [0.25, 0.3) is 0 Å². The summed E-state index contributed by atoms with van der Waals surface area (Å²) in [5, 5.41) is 10.3. The van der Waals surface area contributed by atoms with E-state index < -0.39 is 31.0 Å². The molecule has 2 heterocycles. The number of carbonyl (C=O) groups excluding carboxylic acids is 1. The minimum atomic E-state index is -1.48. The minimum Gasteiger partial charge on any atom is -0.481 e. The first-order valence-corrected chi connectivity index (χ1v) is 14.0. The normalized spacial score (nSPS) is 41.6. The van der Waals surface area contributed by atoms with Crippen LogP contribution in [0.1, 0.15) is 33.6 Å². The van der Waals surface area contributed by atoms with Crippen molar-refractivity contribution in [2.45, 2.75) is 58.9 Å². The van der Waals surface area contributed by atoms with Gasteiger partial charge < -0.3 is 9.84 Å². The van der Waals surface area contributed by atoms with Gasteiger partial charge in [0.2, 0.25) is 0 Å². The van der Waals surface area contributed by atoms with E-state index in [0.29, 0.717) is 0 Å². The maximum absolute atomic E-state index is 12.7.